The molecule has 0 saturated heterocycles. The summed E-state index contributed by atoms with van der Waals surface area (Å²) in [4.78, 5) is 12.6. The third-order valence-electron chi connectivity index (χ3n) is 4.18. The van der Waals surface area contributed by atoms with Crippen LogP contribution >= 0.6 is 0 Å². The molecule has 1 unspecified atom stereocenters. The fraction of sp³-hybridized carbons (Fsp3) is 0.250. The summed E-state index contributed by atoms with van der Waals surface area (Å²) in [5.74, 6) is 1.42. The Labute approximate surface area is 146 Å². The first-order valence-corrected chi connectivity index (χ1v) is 8.17. The third kappa shape index (κ3) is 3.45. The largest absolute Gasteiger partial charge is 0.497 e. The van der Waals surface area contributed by atoms with Gasteiger partial charge >= 0.3 is 0 Å². The maximum atomic E-state index is 12.6. The Kier molecular flexibility index (Phi) is 4.93. The van der Waals surface area contributed by atoms with Crippen LogP contribution < -0.4 is 14.8 Å². The second-order valence-corrected chi connectivity index (χ2v) is 5.70. The van der Waals surface area contributed by atoms with Crippen LogP contribution in [0.4, 0.5) is 0 Å². The molecule has 25 heavy (non-hydrogen) atoms. The highest BCUT2D eigenvalue weighted by atomic mass is 16.5. The van der Waals surface area contributed by atoms with Gasteiger partial charge < -0.3 is 19.2 Å². The summed E-state index contributed by atoms with van der Waals surface area (Å²) >= 11 is 0. The number of fused-ring (bicyclic) bond motifs is 1. The van der Waals surface area contributed by atoms with Crippen molar-refractivity contribution in [2.24, 2.45) is 0 Å². The van der Waals surface area contributed by atoms with Crippen molar-refractivity contribution in [2.45, 2.75) is 19.4 Å². The van der Waals surface area contributed by atoms with E-state index in [9.17, 15) is 4.79 Å². The molecule has 1 atom stereocenters. The van der Waals surface area contributed by atoms with Crippen LogP contribution in [0.2, 0.25) is 0 Å². The molecule has 0 saturated carbocycles. The molecule has 2 aromatic carbocycles. The molecular weight excluding hydrogens is 318 g/mol. The zero-order valence-electron chi connectivity index (χ0n) is 14.5. The topological polar surface area (TPSA) is 60.7 Å². The van der Waals surface area contributed by atoms with Gasteiger partial charge in [0.1, 0.15) is 5.75 Å². The number of carbonyl (C=O) groups excluding carboxylic acids is 1. The molecule has 0 bridgehead atoms. The van der Waals surface area contributed by atoms with E-state index in [4.69, 9.17) is 13.9 Å². The van der Waals surface area contributed by atoms with E-state index in [0.29, 0.717) is 11.3 Å². The fourth-order valence-corrected chi connectivity index (χ4v) is 2.80. The minimum atomic E-state index is -0.249. The van der Waals surface area contributed by atoms with Gasteiger partial charge in [-0.2, -0.15) is 0 Å². The highest BCUT2D eigenvalue weighted by molar-refractivity contribution is 5.97. The van der Waals surface area contributed by atoms with Crippen molar-refractivity contribution < 1.29 is 18.7 Å². The first-order valence-electron chi connectivity index (χ1n) is 8.17. The predicted molar refractivity (Wildman–Crippen MR) is 96.3 cm³/mol. The van der Waals surface area contributed by atoms with Gasteiger partial charge in [-0.15, -0.1) is 0 Å². The van der Waals surface area contributed by atoms with Gasteiger partial charge in [-0.25, -0.2) is 0 Å². The van der Waals surface area contributed by atoms with Gasteiger partial charge in [0, 0.05) is 5.39 Å². The summed E-state index contributed by atoms with van der Waals surface area (Å²) in [6, 6.07) is 14.9. The molecule has 130 valence electrons. The van der Waals surface area contributed by atoms with E-state index < -0.39 is 0 Å². The van der Waals surface area contributed by atoms with E-state index in [0.717, 1.165) is 23.1 Å². The lowest BCUT2D eigenvalue weighted by atomic mass is 10.0. The number of nitrogens with one attached hydrogen (secondary N) is 1. The van der Waals surface area contributed by atoms with Crippen LogP contribution in [0, 0.1) is 0 Å². The second kappa shape index (κ2) is 7.30. The number of hydrogen-bond acceptors (Lipinski definition) is 4. The van der Waals surface area contributed by atoms with Crippen LogP contribution in [-0.4, -0.2) is 20.1 Å². The Hall–Kier alpha value is -2.95. The maximum absolute atomic E-state index is 12.6. The summed E-state index contributed by atoms with van der Waals surface area (Å²) in [5.41, 5.74) is 1.60. The number of rotatable bonds is 6. The summed E-state index contributed by atoms with van der Waals surface area (Å²) in [7, 11) is 3.21. The molecule has 1 aromatic heterocycles. The number of methoxy groups -OCH3 is 2. The number of furan rings is 1. The van der Waals surface area contributed by atoms with E-state index in [1.54, 1.807) is 26.4 Å². The van der Waals surface area contributed by atoms with Crippen molar-refractivity contribution in [3.8, 4) is 11.5 Å². The number of hydrogen-bond donors (Lipinski definition) is 1. The van der Waals surface area contributed by atoms with E-state index in [-0.39, 0.29) is 17.7 Å². The minimum Gasteiger partial charge on any atom is -0.497 e. The van der Waals surface area contributed by atoms with E-state index >= 15 is 0 Å². The van der Waals surface area contributed by atoms with E-state index in [2.05, 4.69) is 5.32 Å². The van der Waals surface area contributed by atoms with Crippen molar-refractivity contribution in [3.05, 3.63) is 59.9 Å². The normalized spacial score (nSPS) is 12.0. The number of ether oxygens (including phenoxy) is 2. The Morgan fingerprint density at radius 3 is 2.52 bits per heavy atom. The molecule has 0 aliphatic heterocycles. The zero-order chi connectivity index (χ0) is 17.8. The monoisotopic (exact) mass is 339 g/mol. The SMILES string of the molecule is CCC(NC(=O)c1cc2cccc(OC)c2o1)c1ccc(OC)cc1. The standard InChI is InChI=1S/C20H21NO4/c1-4-16(13-8-10-15(23-2)11-9-13)21-20(22)18-12-14-6-5-7-17(24-3)19(14)25-18/h5-12,16H,4H2,1-3H3,(H,21,22). The van der Waals surface area contributed by atoms with E-state index in [1.165, 1.54) is 0 Å². The first-order chi connectivity index (χ1) is 12.2. The number of benzene rings is 2. The highest BCUT2D eigenvalue weighted by Gasteiger charge is 2.18. The molecule has 1 amide bonds. The summed E-state index contributed by atoms with van der Waals surface area (Å²) in [6.45, 7) is 2.02. The number of amides is 1. The van der Waals surface area contributed by atoms with Gasteiger partial charge in [0.25, 0.3) is 5.91 Å². The molecule has 0 fully saturated rings. The second-order valence-electron chi connectivity index (χ2n) is 5.70. The summed E-state index contributed by atoms with van der Waals surface area (Å²) < 4.78 is 16.2. The van der Waals surface area contributed by atoms with Crippen LogP contribution in [0.25, 0.3) is 11.0 Å². The third-order valence-corrected chi connectivity index (χ3v) is 4.18. The summed E-state index contributed by atoms with van der Waals surface area (Å²) in [6.07, 6.45) is 0.765. The first kappa shape index (κ1) is 16.9. The van der Waals surface area contributed by atoms with Crippen LogP contribution in [0.3, 0.4) is 0 Å². The van der Waals surface area contributed by atoms with Crippen LogP contribution in [-0.2, 0) is 0 Å². The number of para-hydroxylation sites is 1. The van der Waals surface area contributed by atoms with Crippen molar-refractivity contribution >= 4 is 16.9 Å². The van der Waals surface area contributed by atoms with Gasteiger partial charge in [0.2, 0.25) is 0 Å². The van der Waals surface area contributed by atoms with Crippen molar-refractivity contribution in [2.75, 3.05) is 14.2 Å². The molecule has 0 radical (unpaired) electrons. The fourth-order valence-electron chi connectivity index (χ4n) is 2.80. The van der Waals surface area contributed by atoms with Gasteiger partial charge in [0.05, 0.1) is 20.3 Å². The van der Waals surface area contributed by atoms with Gasteiger partial charge in [0.15, 0.2) is 17.1 Å². The van der Waals surface area contributed by atoms with Gasteiger partial charge in [-0.05, 0) is 36.2 Å². The lowest BCUT2D eigenvalue weighted by Gasteiger charge is -2.17. The lowest BCUT2D eigenvalue weighted by Crippen LogP contribution is -2.27. The van der Waals surface area contributed by atoms with Crippen molar-refractivity contribution in [1.29, 1.82) is 0 Å². The van der Waals surface area contributed by atoms with Crippen molar-refractivity contribution in [3.63, 3.8) is 0 Å². The Balaban J connectivity index is 1.82. The average Bonchev–Trinajstić information content (AvgIpc) is 3.10. The predicted octanol–water partition coefficient (Wildman–Crippen LogP) is 4.33. The van der Waals surface area contributed by atoms with Gasteiger partial charge in [-0.1, -0.05) is 31.2 Å². The summed E-state index contributed by atoms with van der Waals surface area (Å²) in [5, 5.41) is 3.86. The number of carbonyl (C=O) groups is 1. The molecule has 5 nitrogen and oxygen atoms in total. The molecule has 0 aliphatic rings. The Bertz CT molecular complexity index is 867. The molecule has 1 heterocycles. The molecule has 0 aliphatic carbocycles. The molecule has 3 aromatic rings. The lowest BCUT2D eigenvalue weighted by molar-refractivity contribution is 0.0909. The molecule has 3 rings (SSSR count). The van der Waals surface area contributed by atoms with Crippen molar-refractivity contribution in [1.82, 2.24) is 5.32 Å². The Morgan fingerprint density at radius 2 is 1.88 bits per heavy atom. The molecular formula is C20H21NO4. The molecule has 1 N–H and O–H groups in total. The quantitative estimate of drug-likeness (QED) is 0.726. The highest BCUT2D eigenvalue weighted by Crippen LogP contribution is 2.29. The van der Waals surface area contributed by atoms with Gasteiger partial charge in [-0.3, -0.25) is 4.79 Å². The smallest absolute Gasteiger partial charge is 0.287 e. The van der Waals surface area contributed by atoms with Crippen LogP contribution in [0.5, 0.6) is 11.5 Å². The molecule has 5 heteroatoms. The van der Waals surface area contributed by atoms with E-state index in [1.807, 2.05) is 43.3 Å². The minimum absolute atomic E-state index is 0.103. The van der Waals surface area contributed by atoms with Crippen LogP contribution in [0.1, 0.15) is 35.5 Å². The van der Waals surface area contributed by atoms with Crippen LogP contribution in [0.15, 0.2) is 52.9 Å². The maximum Gasteiger partial charge on any atom is 0.287 e. The Morgan fingerprint density at radius 1 is 1.12 bits per heavy atom. The average molecular weight is 339 g/mol. The molecule has 0 spiro atoms. The zero-order valence-corrected chi connectivity index (χ0v) is 14.5.